The molecular formula is C18H15N3O4. The van der Waals surface area contributed by atoms with Crippen molar-refractivity contribution in [2.24, 2.45) is 0 Å². The Kier molecular flexibility index (Phi) is 4.06. The number of anilines is 1. The molecule has 0 spiro atoms. The fourth-order valence-electron chi connectivity index (χ4n) is 2.49. The van der Waals surface area contributed by atoms with Crippen molar-refractivity contribution in [1.29, 1.82) is 5.41 Å². The van der Waals surface area contributed by atoms with Crippen LogP contribution >= 0.6 is 0 Å². The number of hydrogen-bond acceptors (Lipinski definition) is 5. The van der Waals surface area contributed by atoms with Crippen molar-refractivity contribution in [2.75, 3.05) is 5.32 Å². The Labute approximate surface area is 142 Å². The summed E-state index contributed by atoms with van der Waals surface area (Å²) >= 11 is 0. The quantitative estimate of drug-likeness (QED) is 0.561. The molecule has 0 atom stereocenters. The Morgan fingerprint density at radius 3 is 2.68 bits per heavy atom. The molecule has 0 aliphatic heterocycles. The summed E-state index contributed by atoms with van der Waals surface area (Å²) in [6.45, 7) is 3.83. The molecule has 2 aromatic carbocycles. The summed E-state index contributed by atoms with van der Waals surface area (Å²) < 4.78 is 5.32. The zero-order chi connectivity index (χ0) is 18.1. The topological polar surface area (TPSA) is 109 Å². The largest absolute Gasteiger partial charge is 0.438 e. The number of fused-ring (bicyclic) bond motifs is 1. The van der Waals surface area contributed by atoms with E-state index in [-0.39, 0.29) is 16.8 Å². The monoisotopic (exact) mass is 337 g/mol. The van der Waals surface area contributed by atoms with Gasteiger partial charge in [0.2, 0.25) is 5.55 Å². The SMILES string of the molecule is Cc1cccc(NC(=O)c2cc3cc([N+](=O)[O-])ccc3oc2=N)c1C. The van der Waals surface area contributed by atoms with Gasteiger partial charge >= 0.3 is 0 Å². The summed E-state index contributed by atoms with van der Waals surface area (Å²) in [5.41, 5.74) is 2.50. The van der Waals surface area contributed by atoms with Crippen molar-refractivity contribution in [3.05, 3.63) is 74.8 Å². The highest BCUT2D eigenvalue weighted by molar-refractivity contribution is 6.05. The highest BCUT2D eigenvalue weighted by atomic mass is 16.6. The van der Waals surface area contributed by atoms with E-state index in [0.29, 0.717) is 16.7 Å². The van der Waals surface area contributed by atoms with Crippen LogP contribution in [0.4, 0.5) is 11.4 Å². The van der Waals surface area contributed by atoms with Crippen molar-refractivity contribution < 1.29 is 14.1 Å². The van der Waals surface area contributed by atoms with Gasteiger partial charge in [-0.25, -0.2) is 0 Å². The molecular weight excluding hydrogens is 322 g/mol. The lowest BCUT2D eigenvalue weighted by Crippen LogP contribution is -2.21. The molecule has 1 heterocycles. The van der Waals surface area contributed by atoms with Gasteiger partial charge in [0.25, 0.3) is 11.6 Å². The van der Waals surface area contributed by atoms with Gasteiger partial charge in [-0.05, 0) is 43.2 Å². The van der Waals surface area contributed by atoms with Crippen LogP contribution in [0.2, 0.25) is 0 Å². The second kappa shape index (κ2) is 6.20. The Hall–Kier alpha value is -3.48. The molecule has 0 aliphatic carbocycles. The van der Waals surface area contributed by atoms with Crippen LogP contribution in [0.1, 0.15) is 21.5 Å². The molecule has 0 saturated heterocycles. The molecule has 0 bridgehead atoms. The maximum absolute atomic E-state index is 12.5. The van der Waals surface area contributed by atoms with Gasteiger partial charge in [0.15, 0.2) is 0 Å². The van der Waals surface area contributed by atoms with Crippen LogP contribution in [0.5, 0.6) is 0 Å². The maximum atomic E-state index is 12.5. The molecule has 25 heavy (non-hydrogen) atoms. The van der Waals surface area contributed by atoms with E-state index in [1.165, 1.54) is 24.3 Å². The molecule has 126 valence electrons. The Bertz CT molecular complexity index is 1070. The van der Waals surface area contributed by atoms with Crippen LogP contribution in [0.3, 0.4) is 0 Å². The standard InChI is InChI=1S/C18H15N3O4/c1-10-4-3-5-15(11(10)2)20-18(22)14-9-12-8-13(21(23)24)6-7-16(12)25-17(14)19/h3-9,19H,1-2H3,(H,20,22). The third-order valence-electron chi connectivity index (χ3n) is 4.06. The summed E-state index contributed by atoms with van der Waals surface area (Å²) in [4.78, 5) is 22.9. The lowest BCUT2D eigenvalue weighted by atomic mass is 10.1. The molecule has 0 aliphatic rings. The van der Waals surface area contributed by atoms with Gasteiger partial charge in [-0.3, -0.25) is 20.3 Å². The molecule has 1 amide bonds. The van der Waals surface area contributed by atoms with Gasteiger partial charge in [-0.2, -0.15) is 0 Å². The summed E-state index contributed by atoms with van der Waals surface area (Å²) in [5, 5.41) is 22.0. The highest BCUT2D eigenvalue weighted by Gasteiger charge is 2.15. The van der Waals surface area contributed by atoms with Crippen molar-refractivity contribution in [2.45, 2.75) is 13.8 Å². The molecule has 7 nitrogen and oxygen atoms in total. The van der Waals surface area contributed by atoms with Crippen molar-refractivity contribution in [1.82, 2.24) is 0 Å². The normalized spacial score (nSPS) is 10.6. The molecule has 3 rings (SSSR count). The first-order valence-electron chi connectivity index (χ1n) is 7.51. The summed E-state index contributed by atoms with van der Waals surface area (Å²) in [7, 11) is 0. The van der Waals surface area contributed by atoms with Crippen molar-refractivity contribution in [3.8, 4) is 0 Å². The lowest BCUT2D eigenvalue weighted by molar-refractivity contribution is -0.384. The predicted octanol–water partition coefficient (Wildman–Crippen LogP) is 3.69. The minimum absolute atomic E-state index is 0.00824. The van der Waals surface area contributed by atoms with Crippen molar-refractivity contribution in [3.63, 3.8) is 0 Å². The molecule has 0 saturated carbocycles. The maximum Gasteiger partial charge on any atom is 0.270 e. The summed E-state index contributed by atoms with van der Waals surface area (Å²) in [5.74, 6) is -0.504. The number of carbonyl (C=O) groups excluding carboxylic acids is 1. The number of nitrogens with one attached hydrogen (secondary N) is 2. The third-order valence-corrected chi connectivity index (χ3v) is 4.06. The first-order valence-corrected chi connectivity index (χ1v) is 7.51. The van der Waals surface area contributed by atoms with E-state index >= 15 is 0 Å². The molecule has 0 radical (unpaired) electrons. The first kappa shape index (κ1) is 16.4. The fourth-order valence-corrected chi connectivity index (χ4v) is 2.49. The lowest BCUT2D eigenvalue weighted by Gasteiger charge is -2.10. The van der Waals surface area contributed by atoms with Gasteiger partial charge < -0.3 is 9.73 Å². The van der Waals surface area contributed by atoms with Gasteiger partial charge in [0, 0.05) is 23.2 Å². The Morgan fingerprint density at radius 1 is 1.20 bits per heavy atom. The zero-order valence-electron chi connectivity index (χ0n) is 13.6. The van der Waals surface area contributed by atoms with Crippen LogP contribution in [-0.2, 0) is 0 Å². The first-order chi connectivity index (χ1) is 11.9. The van der Waals surface area contributed by atoms with E-state index in [1.807, 2.05) is 26.0 Å². The van der Waals surface area contributed by atoms with Gasteiger partial charge in [0.05, 0.1) is 4.92 Å². The van der Waals surface area contributed by atoms with E-state index < -0.39 is 10.8 Å². The number of carbonyl (C=O) groups is 1. The number of nitrogens with zero attached hydrogens (tertiary/aromatic N) is 1. The fraction of sp³-hybridized carbons (Fsp3) is 0.111. The molecule has 1 aromatic heterocycles. The summed E-state index contributed by atoms with van der Waals surface area (Å²) in [6.07, 6.45) is 0. The van der Waals surface area contributed by atoms with Crippen molar-refractivity contribution >= 4 is 28.3 Å². The van der Waals surface area contributed by atoms with E-state index in [2.05, 4.69) is 5.32 Å². The number of aryl methyl sites for hydroxylation is 1. The number of amides is 1. The summed E-state index contributed by atoms with van der Waals surface area (Å²) in [6, 6.07) is 11.0. The second-order valence-electron chi connectivity index (χ2n) is 5.67. The smallest absolute Gasteiger partial charge is 0.270 e. The highest BCUT2D eigenvalue weighted by Crippen LogP contribution is 2.22. The number of benzene rings is 2. The number of hydrogen-bond donors (Lipinski definition) is 2. The van der Waals surface area contributed by atoms with E-state index in [9.17, 15) is 14.9 Å². The molecule has 0 unspecified atom stereocenters. The van der Waals surface area contributed by atoms with E-state index in [4.69, 9.17) is 9.83 Å². The molecule has 7 heteroatoms. The predicted molar refractivity (Wildman–Crippen MR) is 92.6 cm³/mol. The number of nitro benzene ring substituents is 1. The zero-order valence-corrected chi connectivity index (χ0v) is 13.6. The minimum Gasteiger partial charge on any atom is -0.438 e. The molecule has 0 fully saturated rings. The second-order valence-corrected chi connectivity index (χ2v) is 5.67. The molecule has 3 aromatic rings. The van der Waals surface area contributed by atoms with Gasteiger partial charge in [-0.1, -0.05) is 12.1 Å². The Morgan fingerprint density at radius 2 is 1.96 bits per heavy atom. The van der Waals surface area contributed by atoms with E-state index in [0.717, 1.165) is 11.1 Å². The van der Waals surface area contributed by atoms with Crippen LogP contribution < -0.4 is 10.9 Å². The van der Waals surface area contributed by atoms with Crippen LogP contribution in [0.25, 0.3) is 11.0 Å². The van der Waals surface area contributed by atoms with E-state index in [1.54, 1.807) is 6.07 Å². The van der Waals surface area contributed by atoms with Gasteiger partial charge in [0.1, 0.15) is 11.1 Å². The third kappa shape index (κ3) is 3.12. The molecule has 2 N–H and O–H groups in total. The number of non-ortho nitro benzene ring substituents is 1. The Balaban J connectivity index is 2.03. The number of nitro groups is 1. The number of rotatable bonds is 3. The van der Waals surface area contributed by atoms with Gasteiger partial charge in [-0.15, -0.1) is 0 Å². The minimum atomic E-state index is -0.524. The van der Waals surface area contributed by atoms with Crippen LogP contribution in [-0.4, -0.2) is 10.8 Å². The average molecular weight is 337 g/mol. The average Bonchev–Trinajstić information content (AvgIpc) is 2.57. The van der Waals surface area contributed by atoms with Crippen LogP contribution in [0.15, 0.2) is 46.9 Å². The van der Waals surface area contributed by atoms with Crippen LogP contribution in [0, 0.1) is 29.4 Å².